The van der Waals surface area contributed by atoms with E-state index >= 15 is 0 Å². The van der Waals surface area contributed by atoms with E-state index in [4.69, 9.17) is 5.73 Å². The molecule has 0 saturated carbocycles. The van der Waals surface area contributed by atoms with Crippen LogP contribution >= 0.6 is 0 Å². The van der Waals surface area contributed by atoms with Gasteiger partial charge in [-0.3, -0.25) is 0 Å². The lowest BCUT2D eigenvalue weighted by Crippen LogP contribution is -2.33. The molecule has 0 radical (unpaired) electrons. The van der Waals surface area contributed by atoms with E-state index in [0.29, 0.717) is 24.3 Å². The molecule has 1 fully saturated rings. The van der Waals surface area contributed by atoms with Crippen molar-refractivity contribution in [1.29, 1.82) is 0 Å². The van der Waals surface area contributed by atoms with Gasteiger partial charge in [0.05, 0.1) is 11.5 Å². The summed E-state index contributed by atoms with van der Waals surface area (Å²) >= 11 is 0. The van der Waals surface area contributed by atoms with Gasteiger partial charge >= 0.3 is 6.03 Å². The lowest BCUT2D eigenvalue weighted by atomic mass is 10.1. The van der Waals surface area contributed by atoms with Crippen molar-refractivity contribution >= 4 is 27.2 Å². The van der Waals surface area contributed by atoms with Crippen molar-refractivity contribution in [2.45, 2.75) is 6.42 Å². The quantitative estimate of drug-likeness (QED) is 0.730. The third-order valence-corrected chi connectivity index (χ3v) is 6.10. The van der Waals surface area contributed by atoms with Gasteiger partial charge in [0.1, 0.15) is 0 Å². The molecule has 2 amide bonds. The zero-order valence-corrected chi connectivity index (χ0v) is 14.6. The minimum absolute atomic E-state index is 0.00337. The maximum Gasteiger partial charge on any atom is 0.319 e. The number of sulfone groups is 1. The Morgan fingerprint density at radius 3 is 2.20 bits per heavy atom. The van der Waals surface area contributed by atoms with Crippen molar-refractivity contribution in [3.63, 3.8) is 0 Å². The third kappa shape index (κ3) is 4.73. The van der Waals surface area contributed by atoms with Crippen molar-refractivity contribution < 1.29 is 13.2 Å². The van der Waals surface area contributed by atoms with Crippen LogP contribution in [-0.2, 0) is 9.84 Å². The number of nitrogens with two attached hydrogens (primary N) is 1. The van der Waals surface area contributed by atoms with Crippen LogP contribution in [-0.4, -0.2) is 32.5 Å². The van der Waals surface area contributed by atoms with E-state index in [1.54, 1.807) is 0 Å². The molecule has 1 unspecified atom stereocenters. The molecule has 132 valence electrons. The number of carbonyl (C=O) groups excluding carboxylic acids is 1. The average molecular weight is 359 g/mol. The van der Waals surface area contributed by atoms with Crippen molar-refractivity contribution in [3.05, 3.63) is 48.5 Å². The van der Waals surface area contributed by atoms with Gasteiger partial charge in [0.25, 0.3) is 0 Å². The van der Waals surface area contributed by atoms with E-state index in [1.807, 2.05) is 48.5 Å². The first-order chi connectivity index (χ1) is 11.9. The van der Waals surface area contributed by atoms with E-state index in [9.17, 15) is 13.2 Å². The molecule has 3 rings (SSSR count). The van der Waals surface area contributed by atoms with E-state index in [2.05, 4.69) is 10.6 Å². The first kappa shape index (κ1) is 17.3. The molecule has 7 heteroatoms. The van der Waals surface area contributed by atoms with Crippen molar-refractivity contribution in [2.24, 2.45) is 5.92 Å². The van der Waals surface area contributed by atoms with Gasteiger partial charge in [-0.2, -0.15) is 0 Å². The Bertz CT molecular complexity index is 846. The number of nitrogen functional groups attached to an aromatic ring is 1. The molecule has 25 heavy (non-hydrogen) atoms. The predicted octanol–water partition coefficient (Wildman–Crippen LogP) is 2.49. The fraction of sp³-hybridized carbons (Fsp3) is 0.278. The first-order valence-electron chi connectivity index (χ1n) is 8.12. The topological polar surface area (TPSA) is 101 Å². The monoisotopic (exact) mass is 359 g/mol. The summed E-state index contributed by atoms with van der Waals surface area (Å²) in [5.41, 5.74) is 9.16. The van der Waals surface area contributed by atoms with Gasteiger partial charge in [-0.15, -0.1) is 0 Å². The Balaban J connectivity index is 1.52. The number of hydrogen-bond acceptors (Lipinski definition) is 4. The average Bonchev–Trinajstić information content (AvgIpc) is 2.94. The maximum absolute atomic E-state index is 11.9. The predicted molar refractivity (Wildman–Crippen MR) is 100 cm³/mol. The molecular weight excluding hydrogens is 338 g/mol. The van der Waals surface area contributed by atoms with Gasteiger partial charge in [0, 0.05) is 17.9 Å². The highest BCUT2D eigenvalue weighted by atomic mass is 32.2. The van der Waals surface area contributed by atoms with Crippen molar-refractivity contribution in [2.75, 3.05) is 29.1 Å². The van der Waals surface area contributed by atoms with E-state index in [1.165, 1.54) is 0 Å². The number of benzene rings is 2. The second-order valence-corrected chi connectivity index (χ2v) is 8.53. The number of rotatable bonds is 4. The summed E-state index contributed by atoms with van der Waals surface area (Å²) in [7, 11) is -2.92. The molecule has 0 spiro atoms. The molecule has 1 aliphatic heterocycles. The summed E-state index contributed by atoms with van der Waals surface area (Å²) in [4.78, 5) is 11.9. The Morgan fingerprint density at radius 1 is 1.04 bits per heavy atom. The highest BCUT2D eigenvalue weighted by Gasteiger charge is 2.27. The Hall–Kier alpha value is -2.54. The zero-order valence-electron chi connectivity index (χ0n) is 13.7. The largest absolute Gasteiger partial charge is 0.399 e. The highest BCUT2D eigenvalue weighted by Crippen LogP contribution is 2.22. The van der Waals surface area contributed by atoms with E-state index < -0.39 is 9.84 Å². The van der Waals surface area contributed by atoms with Crippen LogP contribution in [0.25, 0.3) is 11.1 Å². The summed E-state index contributed by atoms with van der Waals surface area (Å²) in [6.07, 6.45) is 0.610. The normalized spacial score (nSPS) is 18.6. The van der Waals surface area contributed by atoms with Crippen LogP contribution in [0.15, 0.2) is 48.5 Å². The van der Waals surface area contributed by atoms with Gasteiger partial charge in [-0.1, -0.05) is 24.3 Å². The van der Waals surface area contributed by atoms with Crippen LogP contribution in [0.3, 0.4) is 0 Å². The summed E-state index contributed by atoms with van der Waals surface area (Å²) < 4.78 is 22.8. The first-order valence-corrected chi connectivity index (χ1v) is 9.95. The SMILES string of the molecule is Nc1ccc(-c2ccc(NC(=O)NCC3CCS(=O)(=O)C3)cc2)cc1. The van der Waals surface area contributed by atoms with Gasteiger partial charge in [-0.05, 0) is 47.7 Å². The summed E-state index contributed by atoms with van der Waals surface area (Å²) in [6.45, 7) is 0.370. The van der Waals surface area contributed by atoms with E-state index in [-0.39, 0.29) is 23.5 Å². The minimum Gasteiger partial charge on any atom is -0.399 e. The Kier molecular flexibility index (Phi) is 4.94. The molecule has 0 aromatic heterocycles. The number of anilines is 2. The number of hydrogen-bond donors (Lipinski definition) is 3. The Morgan fingerprint density at radius 2 is 1.64 bits per heavy atom. The van der Waals surface area contributed by atoms with Crippen LogP contribution in [0, 0.1) is 5.92 Å². The molecule has 1 aliphatic rings. The van der Waals surface area contributed by atoms with Crippen LogP contribution in [0.5, 0.6) is 0 Å². The molecule has 6 nitrogen and oxygen atoms in total. The van der Waals surface area contributed by atoms with Crippen molar-refractivity contribution in [3.8, 4) is 11.1 Å². The second-order valence-electron chi connectivity index (χ2n) is 6.30. The second kappa shape index (κ2) is 7.14. The number of amides is 2. The van der Waals surface area contributed by atoms with Gasteiger partial charge in [0.15, 0.2) is 9.84 Å². The van der Waals surface area contributed by atoms with Crippen LogP contribution < -0.4 is 16.4 Å². The fourth-order valence-electron chi connectivity index (χ4n) is 2.87. The molecule has 0 aliphatic carbocycles. The fourth-order valence-corrected chi connectivity index (χ4v) is 4.73. The van der Waals surface area contributed by atoms with Gasteiger partial charge in [0.2, 0.25) is 0 Å². The molecular formula is C18H21N3O3S. The molecule has 4 N–H and O–H groups in total. The summed E-state index contributed by atoms with van der Waals surface area (Å²) in [5.74, 6) is 0.376. The molecule has 2 aromatic carbocycles. The minimum atomic E-state index is -2.92. The third-order valence-electron chi connectivity index (χ3n) is 4.26. The molecule has 1 atom stereocenters. The smallest absolute Gasteiger partial charge is 0.319 e. The molecule has 1 saturated heterocycles. The summed E-state index contributed by atoms with van der Waals surface area (Å²) in [6, 6.07) is 14.7. The zero-order chi connectivity index (χ0) is 17.9. The van der Waals surface area contributed by atoms with Gasteiger partial charge < -0.3 is 16.4 Å². The van der Waals surface area contributed by atoms with Crippen molar-refractivity contribution in [1.82, 2.24) is 5.32 Å². The van der Waals surface area contributed by atoms with Crippen LogP contribution in [0.1, 0.15) is 6.42 Å². The van der Waals surface area contributed by atoms with Crippen LogP contribution in [0.4, 0.5) is 16.2 Å². The summed E-state index contributed by atoms with van der Waals surface area (Å²) in [5, 5.41) is 5.49. The molecule has 1 heterocycles. The van der Waals surface area contributed by atoms with Crippen LogP contribution in [0.2, 0.25) is 0 Å². The molecule has 2 aromatic rings. The lowest BCUT2D eigenvalue weighted by molar-refractivity contribution is 0.250. The standard InChI is InChI=1S/C18H21N3O3S/c19-16-5-1-14(2-6-16)15-3-7-17(8-4-15)21-18(22)20-11-13-9-10-25(23,24)12-13/h1-8,13H,9-12,19H2,(H2,20,21,22). The Labute approximate surface area is 147 Å². The van der Waals surface area contributed by atoms with E-state index in [0.717, 1.165) is 11.1 Å². The number of nitrogens with one attached hydrogen (secondary N) is 2. The van der Waals surface area contributed by atoms with Gasteiger partial charge in [-0.25, -0.2) is 13.2 Å². The lowest BCUT2D eigenvalue weighted by Gasteiger charge is -2.11. The molecule has 0 bridgehead atoms. The number of urea groups is 1. The number of carbonyl (C=O) groups is 1. The maximum atomic E-state index is 11.9. The highest BCUT2D eigenvalue weighted by molar-refractivity contribution is 7.91.